The molecule has 2 fully saturated rings. The number of ether oxygens (including phenoxy) is 1. The molecule has 2 aliphatic rings. The molecule has 0 aliphatic heterocycles. The predicted molar refractivity (Wildman–Crippen MR) is 146 cm³/mol. The Hall–Kier alpha value is -3.44. The lowest BCUT2D eigenvalue weighted by Crippen LogP contribution is -2.41. The highest BCUT2D eigenvalue weighted by atomic mass is 35.5. The normalized spacial score (nSPS) is 25.4. The monoisotopic (exact) mass is 568 g/mol. The minimum absolute atomic E-state index is 0.0141. The Labute approximate surface area is 234 Å². The quantitative estimate of drug-likeness (QED) is 0.238. The predicted octanol–water partition coefficient (Wildman–Crippen LogP) is 3.35. The highest BCUT2D eigenvalue weighted by Gasteiger charge is 2.75. The standard InChI is InChI=1S/C27H26Cl2N6O4/c1-30-25(38)27-10-17(27)20(21(36)22(27)37)35-13-32-19-23(33-26(29)34-24(19)35)31-11-15-9-16(28)7-8-18(15)39-12-14-5-3-2-4-6-14/h2-9,13,17,20-22,36-37H,10-12H2,1H3,(H,30,38)(H,31,33,34)/t17-,20+,21+,22+,27+/m1/s1. The Kier molecular flexibility index (Phi) is 6.58. The van der Waals surface area contributed by atoms with E-state index in [9.17, 15) is 15.0 Å². The van der Waals surface area contributed by atoms with E-state index in [0.29, 0.717) is 47.3 Å². The van der Waals surface area contributed by atoms with Gasteiger partial charge in [0.25, 0.3) is 0 Å². The van der Waals surface area contributed by atoms with Crippen molar-refractivity contribution >= 4 is 46.1 Å². The molecule has 2 aromatic carbocycles. The molecule has 1 amide bonds. The van der Waals surface area contributed by atoms with Gasteiger partial charge < -0.3 is 30.2 Å². The summed E-state index contributed by atoms with van der Waals surface area (Å²) in [5.74, 6) is 0.507. The molecule has 4 N–H and O–H groups in total. The second kappa shape index (κ2) is 9.95. The number of aliphatic hydroxyl groups is 2. The van der Waals surface area contributed by atoms with Crippen molar-refractivity contribution in [3.05, 3.63) is 76.3 Å². The van der Waals surface area contributed by atoms with E-state index < -0.39 is 23.7 Å². The van der Waals surface area contributed by atoms with Crippen LogP contribution in [0.4, 0.5) is 5.82 Å². The second-order valence-electron chi connectivity index (χ2n) is 9.90. The highest BCUT2D eigenvalue weighted by Crippen LogP contribution is 2.67. The topological polar surface area (TPSA) is 134 Å². The maximum absolute atomic E-state index is 12.5. The molecule has 0 radical (unpaired) electrons. The van der Waals surface area contributed by atoms with Gasteiger partial charge in [-0.05, 0) is 41.8 Å². The SMILES string of the molecule is CNC(=O)[C@@]12C[C@@H]1[C@H](n1cnc3c(NCc4cc(Cl)ccc4OCc4ccccc4)nc(Cl)nc31)[C@H](O)[C@@H]2O. The first-order valence-corrected chi connectivity index (χ1v) is 13.3. The number of halogens is 2. The lowest BCUT2D eigenvalue weighted by atomic mass is 9.98. The first-order chi connectivity index (χ1) is 18.8. The van der Waals surface area contributed by atoms with E-state index in [1.54, 1.807) is 10.6 Å². The summed E-state index contributed by atoms with van der Waals surface area (Å²) in [4.78, 5) is 25.7. The van der Waals surface area contributed by atoms with E-state index in [0.717, 1.165) is 11.1 Å². The highest BCUT2D eigenvalue weighted by molar-refractivity contribution is 6.30. The summed E-state index contributed by atoms with van der Waals surface area (Å²) in [7, 11) is 1.52. The number of hydrogen-bond acceptors (Lipinski definition) is 8. The summed E-state index contributed by atoms with van der Waals surface area (Å²) in [5.41, 5.74) is 1.66. The molecule has 2 aromatic heterocycles. The van der Waals surface area contributed by atoms with Crippen LogP contribution in [-0.4, -0.2) is 54.9 Å². The molecule has 10 nitrogen and oxygen atoms in total. The van der Waals surface area contributed by atoms with Gasteiger partial charge in [0, 0.05) is 30.1 Å². The molecule has 0 saturated heterocycles. The van der Waals surface area contributed by atoms with Crippen molar-refractivity contribution in [3.8, 4) is 5.75 Å². The number of fused-ring (bicyclic) bond motifs is 2. The zero-order valence-corrected chi connectivity index (χ0v) is 22.4. The fraction of sp³-hybridized carbons (Fsp3) is 0.333. The molecule has 12 heteroatoms. The van der Waals surface area contributed by atoms with Gasteiger partial charge in [-0.2, -0.15) is 9.97 Å². The van der Waals surface area contributed by atoms with E-state index in [4.69, 9.17) is 27.9 Å². The smallest absolute Gasteiger partial charge is 0.229 e. The Bertz CT molecular complexity index is 1550. The van der Waals surface area contributed by atoms with Crippen LogP contribution in [0.2, 0.25) is 10.3 Å². The zero-order chi connectivity index (χ0) is 27.3. The zero-order valence-electron chi connectivity index (χ0n) is 20.9. The van der Waals surface area contributed by atoms with Crippen molar-refractivity contribution in [2.45, 2.75) is 37.8 Å². The lowest BCUT2D eigenvalue weighted by Gasteiger charge is -2.23. The van der Waals surface area contributed by atoms with E-state index in [1.807, 2.05) is 42.5 Å². The molecule has 39 heavy (non-hydrogen) atoms. The summed E-state index contributed by atoms with van der Waals surface area (Å²) in [6.45, 7) is 0.713. The number of rotatable bonds is 8. The summed E-state index contributed by atoms with van der Waals surface area (Å²) in [6.07, 6.45) is -0.371. The molecule has 6 rings (SSSR count). The van der Waals surface area contributed by atoms with Gasteiger partial charge in [-0.1, -0.05) is 41.9 Å². The van der Waals surface area contributed by atoms with Gasteiger partial charge in [0.05, 0.1) is 23.9 Å². The van der Waals surface area contributed by atoms with Crippen LogP contribution < -0.4 is 15.4 Å². The van der Waals surface area contributed by atoms with E-state index in [2.05, 4.69) is 25.6 Å². The van der Waals surface area contributed by atoms with Crippen LogP contribution in [0.1, 0.15) is 23.6 Å². The van der Waals surface area contributed by atoms with Crippen LogP contribution in [0.15, 0.2) is 54.9 Å². The number of benzene rings is 2. The fourth-order valence-corrected chi connectivity index (χ4v) is 6.12. The maximum atomic E-state index is 12.5. The van der Waals surface area contributed by atoms with Crippen LogP contribution in [0.25, 0.3) is 11.2 Å². The third-order valence-electron chi connectivity index (χ3n) is 7.74. The molecular weight excluding hydrogens is 543 g/mol. The number of imidazole rings is 1. The second-order valence-corrected chi connectivity index (χ2v) is 10.7. The number of anilines is 1. The minimum atomic E-state index is -1.20. The van der Waals surface area contributed by atoms with Gasteiger partial charge in [-0.3, -0.25) is 4.79 Å². The fourth-order valence-electron chi connectivity index (χ4n) is 5.76. The first kappa shape index (κ1) is 25.8. The molecule has 0 bridgehead atoms. The van der Waals surface area contributed by atoms with Crippen molar-refractivity contribution in [2.24, 2.45) is 11.3 Å². The molecule has 4 aromatic rings. The van der Waals surface area contributed by atoms with Gasteiger partial charge in [-0.25, -0.2) is 4.98 Å². The molecule has 202 valence electrons. The number of aliphatic hydroxyl groups excluding tert-OH is 2. The molecule has 2 heterocycles. The molecule has 0 spiro atoms. The van der Waals surface area contributed by atoms with Gasteiger partial charge in [0.15, 0.2) is 17.0 Å². The Balaban J connectivity index is 1.26. The third kappa shape index (κ3) is 4.37. The summed E-state index contributed by atoms with van der Waals surface area (Å²) in [6, 6.07) is 14.7. The van der Waals surface area contributed by atoms with E-state index in [-0.39, 0.29) is 17.1 Å². The number of nitrogens with zero attached hydrogens (tertiary/aromatic N) is 4. The van der Waals surface area contributed by atoms with Gasteiger partial charge in [0.1, 0.15) is 18.5 Å². The van der Waals surface area contributed by atoms with Crippen LogP contribution in [0, 0.1) is 11.3 Å². The molecule has 2 aliphatic carbocycles. The Morgan fingerprint density at radius 2 is 1.97 bits per heavy atom. The average Bonchev–Trinajstić information content (AvgIpc) is 3.48. The largest absolute Gasteiger partial charge is 0.489 e. The van der Waals surface area contributed by atoms with Crippen LogP contribution in [-0.2, 0) is 17.9 Å². The number of hydrogen-bond donors (Lipinski definition) is 4. The third-order valence-corrected chi connectivity index (χ3v) is 8.15. The number of aromatic nitrogens is 4. The maximum Gasteiger partial charge on any atom is 0.229 e. The number of amides is 1. The van der Waals surface area contributed by atoms with Crippen LogP contribution in [0.3, 0.4) is 0 Å². The molecule has 5 atom stereocenters. The first-order valence-electron chi connectivity index (χ1n) is 12.5. The van der Waals surface area contributed by atoms with Crippen LogP contribution >= 0.6 is 23.2 Å². The molecule has 2 saturated carbocycles. The minimum Gasteiger partial charge on any atom is -0.489 e. The van der Waals surface area contributed by atoms with Gasteiger partial charge in [-0.15, -0.1) is 0 Å². The Morgan fingerprint density at radius 3 is 2.74 bits per heavy atom. The summed E-state index contributed by atoms with van der Waals surface area (Å²) < 4.78 is 7.74. The number of nitrogens with one attached hydrogen (secondary N) is 2. The molecular formula is C27H26Cl2N6O4. The number of carbonyl (C=O) groups is 1. The Morgan fingerprint density at radius 1 is 1.18 bits per heavy atom. The van der Waals surface area contributed by atoms with Gasteiger partial charge in [0.2, 0.25) is 11.2 Å². The van der Waals surface area contributed by atoms with Crippen LogP contribution in [0.5, 0.6) is 5.75 Å². The lowest BCUT2D eigenvalue weighted by molar-refractivity contribution is -0.132. The molecule has 0 unspecified atom stereocenters. The van der Waals surface area contributed by atoms with E-state index in [1.165, 1.54) is 13.4 Å². The summed E-state index contributed by atoms with van der Waals surface area (Å²) >= 11 is 12.6. The van der Waals surface area contributed by atoms with Gasteiger partial charge >= 0.3 is 0 Å². The summed E-state index contributed by atoms with van der Waals surface area (Å²) in [5, 5.41) is 28.1. The van der Waals surface area contributed by atoms with E-state index >= 15 is 0 Å². The van der Waals surface area contributed by atoms with Crippen molar-refractivity contribution < 1.29 is 19.7 Å². The average molecular weight is 569 g/mol. The van der Waals surface area contributed by atoms with Crippen molar-refractivity contribution in [1.82, 2.24) is 24.8 Å². The number of carbonyl (C=O) groups excluding carboxylic acids is 1. The van der Waals surface area contributed by atoms with Crippen molar-refractivity contribution in [3.63, 3.8) is 0 Å². The van der Waals surface area contributed by atoms with Crippen molar-refractivity contribution in [1.29, 1.82) is 0 Å². The van der Waals surface area contributed by atoms with Crippen molar-refractivity contribution in [2.75, 3.05) is 12.4 Å².